The van der Waals surface area contributed by atoms with E-state index < -0.39 is 35.5 Å². The fourth-order valence-electron chi connectivity index (χ4n) is 3.48. The van der Waals surface area contributed by atoms with E-state index in [4.69, 9.17) is 9.47 Å². The van der Waals surface area contributed by atoms with Gasteiger partial charge in [-0.05, 0) is 85.3 Å². The Kier molecular flexibility index (Phi) is 14.1. The van der Waals surface area contributed by atoms with E-state index in [2.05, 4.69) is 32.9 Å². The van der Waals surface area contributed by atoms with Gasteiger partial charge in [0.25, 0.3) is 0 Å². The lowest BCUT2D eigenvalue weighted by molar-refractivity contribution is -0.124. The molecule has 0 amide bonds. The van der Waals surface area contributed by atoms with Crippen molar-refractivity contribution in [3.05, 3.63) is 70.8 Å². The van der Waals surface area contributed by atoms with Gasteiger partial charge in [0.05, 0.1) is 5.56 Å². The van der Waals surface area contributed by atoms with E-state index in [0.717, 1.165) is 31.3 Å². The standard InChI is InChI=1S/C27H39O7PS/c1-21(2)13-11-15-23(4)17-12-16-22(3)14-9-10-20-27(35-29,36(30,31)32)34-24(5)33-26(28)25-18-7-6-8-19-25/h6-8,13-14,17-19,24H,9-12,15-16,20H2,1-5H3,(H,30,31,32)/p+1. The normalized spacial score (nSPS) is 15.3. The first-order valence-electron chi connectivity index (χ1n) is 12.1. The van der Waals surface area contributed by atoms with E-state index in [-0.39, 0.29) is 12.0 Å². The molecule has 1 N–H and O–H groups in total. The third-order valence-electron chi connectivity index (χ3n) is 5.54. The van der Waals surface area contributed by atoms with Crippen LogP contribution in [0, 0.1) is 0 Å². The molecule has 0 spiro atoms. The fourth-order valence-corrected chi connectivity index (χ4v) is 5.06. The average molecular weight is 540 g/mol. The molecule has 1 aromatic rings. The van der Waals surface area contributed by atoms with Gasteiger partial charge in [-0.25, -0.2) is 4.79 Å². The molecule has 200 valence electrons. The van der Waals surface area contributed by atoms with Gasteiger partial charge < -0.3 is 4.74 Å². The Morgan fingerprint density at radius 1 is 1.00 bits per heavy atom. The molecule has 0 aliphatic heterocycles. The maximum atomic E-state index is 12.2. The van der Waals surface area contributed by atoms with E-state index in [9.17, 15) is 22.3 Å². The lowest BCUT2D eigenvalue weighted by Crippen LogP contribution is -2.39. The third kappa shape index (κ3) is 11.7. The highest BCUT2D eigenvalue weighted by Gasteiger charge is 2.54. The van der Waals surface area contributed by atoms with Crippen LogP contribution in [0.3, 0.4) is 0 Å². The molecule has 0 bridgehead atoms. The number of allylic oxidation sites excluding steroid dienone is 6. The number of benzene rings is 1. The zero-order valence-corrected chi connectivity index (χ0v) is 23.8. The Labute approximate surface area is 217 Å². The van der Waals surface area contributed by atoms with Gasteiger partial charge in [0, 0.05) is 6.42 Å². The number of hydrogen-bond acceptors (Lipinski definition) is 6. The van der Waals surface area contributed by atoms with Crippen molar-refractivity contribution in [3.63, 3.8) is 0 Å². The highest BCUT2D eigenvalue weighted by atomic mass is 32.2. The lowest BCUT2D eigenvalue weighted by atomic mass is 10.1. The molecule has 0 saturated carbocycles. The molecular formula is C27H40O7PS+. The summed E-state index contributed by atoms with van der Waals surface area (Å²) in [5, 5.41) is 0. The molecule has 0 aliphatic carbocycles. The highest BCUT2D eigenvalue weighted by molar-refractivity contribution is 7.91. The molecule has 0 heterocycles. The first-order chi connectivity index (χ1) is 16.9. The van der Waals surface area contributed by atoms with Gasteiger partial charge >= 0.3 is 29.2 Å². The van der Waals surface area contributed by atoms with Crippen molar-refractivity contribution in [1.29, 1.82) is 0 Å². The van der Waals surface area contributed by atoms with Crippen molar-refractivity contribution in [2.45, 2.75) is 90.5 Å². The van der Waals surface area contributed by atoms with Crippen LogP contribution in [0.15, 0.2) is 65.3 Å². The van der Waals surface area contributed by atoms with Gasteiger partial charge in [0.15, 0.2) is 0 Å². The minimum atomic E-state index is -4.86. The quantitative estimate of drug-likeness (QED) is 0.0584. The summed E-state index contributed by atoms with van der Waals surface area (Å²) in [6, 6.07) is 8.12. The summed E-state index contributed by atoms with van der Waals surface area (Å²) in [6.45, 7) is 9.66. The van der Waals surface area contributed by atoms with E-state index in [0.29, 0.717) is 12.8 Å². The minimum Gasteiger partial charge on any atom is -0.432 e. The van der Waals surface area contributed by atoms with Crippen molar-refractivity contribution >= 4 is 24.5 Å². The number of ether oxygens (including phenoxy) is 2. The van der Waals surface area contributed by atoms with Crippen LogP contribution < -0.4 is 0 Å². The summed E-state index contributed by atoms with van der Waals surface area (Å²) >= 11 is 0. The number of carbonyl (C=O) groups is 1. The van der Waals surface area contributed by atoms with E-state index in [1.807, 2.05) is 13.0 Å². The van der Waals surface area contributed by atoms with Crippen LogP contribution in [0.25, 0.3) is 0 Å². The molecule has 1 aromatic carbocycles. The molecule has 0 aromatic heterocycles. The van der Waals surface area contributed by atoms with Gasteiger partial charge in [0.1, 0.15) is 0 Å². The molecule has 1 rings (SSSR count). The van der Waals surface area contributed by atoms with Crippen molar-refractivity contribution in [2.24, 2.45) is 0 Å². The number of carbonyl (C=O) groups excluding carboxylic acids is 1. The molecule has 3 unspecified atom stereocenters. The monoisotopic (exact) mass is 539 g/mol. The third-order valence-corrected chi connectivity index (χ3v) is 8.37. The number of unbranched alkanes of at least 4 members (excludes halogenated alkanes) is 1. The molecular weight excluding hydrogens is 499 g/mol. The van der Waals surface area contributed by atoms with Crippen molar-refractivity contribution in [3.8, 4) is 0 Å². The van der Waals surface area contributed by atoms with Crippen molar-refractivity contribution in [1.82, 2.24) is 0 Å². The highest BCUT2D eigenvalue weighted by Crippen LogP contribution is 2.37. The molecule has 0 aliphatic rings. The van der Waals surface area contributed by atoms with Crippen LogP contribution in [0.5, 0.6) is 0 Å². The largest absolute Gasteiger partial charge is 0.432 e. The maximum Gasteiger partial charge on any atom is 0.390 e. The Hall–Kier alpha value is -2.12. The Morgan fingerprint density at radius 2 is 1.56 bits per heavy atom. The second-order valence-electron chi connectivity index (χ2n) is 9.14. The van der Waals surface area contributed by atoms with Gasteiger partial charge in [-0.1, -0.05) is 57.7 Å². The topological polar surface area (TPSA) is 107 Å². The first kappa shape index (κ1) is 31.9. The van der Waals surface area contributed by atoms with Crippen LogP contribution in [0.4, 0.5) is 0 Å². The van der Waals surface area contributed by atoms with Crippen LogP contribution in [0.2, 0.25) is 0 Å². The van der Waals surface area contributed by atoms with E-state index in [1.54, 1.807) is 18.2 Å². The van der Waals surface area contributed by atoms with Crippen molar-refractivity contribution < 1.29 is 31.8 Å². The molecule has 0 fully saturated rings. The van der Waals surface area contributed by atoms with Crippen LogP contribution in [0.1, 0.15) is 89.9 Å². The number of hydrogen-bond donors (Lipinski definition) is 1. The summed E-state index contributed by atoms with van der Waals surface area (Å²) in [6.07, 6.45) is 9.65. The van der Waals surface area contributed by atoms with Crippen LogP contribution in [-0.2, 0) is 24.2 Å². The average Bonchev–Trinajstić information content (AvgIpc) is 2.80. The predicted octanol–water partition coefficient (Wildman–Crippen LogP) is 7.36. The summed E-state index contributed by atoms with van der Waals surface area (Å²) in [4.78, 5) is 12.2. The van der Waals surface area contributed by atoms with Gasteiger partial charge in [-0.3, -0.25) is 9.29 Å². The second kappa shape index (κ2) is 15.9. The summed E-state index contributed by atoms with van der Waals surface area (Å²) in [7, 11) is -6.36. The van der Waals surface area contributed by atoms with Crippen molar-refractivity contribution in [2.75, 3.05) is 0 Å². The molecule has 7 nitrogen and oxygen atoms in total. The predicted molar refractivity (Wildman–Crippen MR) is 145 cm³/mol. The summed E-state index contributed by atoms with van der Waals surface area (Å²) < 4.78 is 54.1. The van der Waals surface area contributed by atoms with Gasteiger partial charge in [0.2, 0.25) is 6.29 Å². The van der Waals surface area contributed by atoms with Crippen LogP contribution in [-0.4, -0.2) is 29.9 Å². The van der Waals surface area contributed by atoms with E-state index >= 15 is 0 Å². The molecule has 3 atom stereocenters. The smallest absolute Gasteiger partial charge is 0.390 e. The Bertz CT molecular complexity index is 1040. The molecule has 0 radical (unpaired) electrons. The minimum absolute atomic E-state index is 0.214. The Morgan fingerprint density at radius 3 is 2.08 bits per heavy atom. The van der Waals surface area contributed by atoms with Crippen LogP contribution >= 0.6 is 8.46 Å². The number of rotatable bonds is 16. The summed E-state index contributed by atoms with van der Waals surface area (Å²) in [5.74, 6) is -0.721. The fraction of sp³-hybridized carbons (Fsp3) is 0.519. The molecule has 9 heteroatoms. The zero-order chi connectivity index (χ0) is 27.2. The molecule has 36 heavy (non-hydrogen) atoms. The Balaban J connectivity index is 2.65. The zero-order valence-electron chi connectivity index (χ0n) is 22.0. The SMILES string of the molecule is CC(C)=CCCC(C)=CCCC(C)=CCCCC(OC(C)OC(=O)c1ccccc1)([PH+]=O)S(=O)(=O)O. The molecule has 0 saturated heterocycles. The maximum absolute atomic E-state index is 12.2. The number of esters is 1. The first-order valence-corrected chi connectivity index (χ1v) is 14.5. The summed E-state index contributed by atoms with van der Waals surface area (Å²) in [5.41, 5.74) is 4.10. The second-order valence-corrected chi connectivity index (χ2v) is 12.1. The van der Waals surface area contributed by atoms with Gasteiger partial charge in [-0.15, -0.1) is 0 Å². The van der Waals surface area contributed by atoms with E-state index in [1.165, 1.54) is 30.2 Å². The lowest BCUT2D eigenvalue weighted by Gasteiger charge is -2.22. The van der Waals surface area contributed by atoms with Gasteiger partial charge in [-0.2, -0.15) is 8.42 Å².